The number of nitrogens with one attached hydrogen (secondary N) is 2. The molecule has 0 aliphatic rings. The minimum atomic E-state index is -0.497. The molecule has 0 aliphatic carbocycles. The molecule has 2 heterocycles. The number of aromatic nitrogens is 7. The number of aromatic amines is 1. The lowest BCUT2D eigenvalue weighted by atomic mass is 10.2. The zero-order chi connectivity index (χ0) is 16.9. The van der Waals surface area contributed by atoms with Gasteiger partial charge < -0.3 is 5.32 Å². The van der Waals surface area contributed by atoms with Crippen LogP contribution in [0.25, 0.3) is 11.3 Å². The number of halogens is 1. The zero-order valence-electron chi connectivity index (χ0n) is 12.6. The topological polar surface area (TPSA) is 121 Å². The summed E-state index contributed by atoms with van der Waals surface area (Å²) in [6.07, 6.45) is 3.80. The van der Waals surface area contributed by atoms with Crippen molar-refractivity contribution in [2.45, 2.75) is 13.3 Å². The van der Waals surface area contributed by atoms with Crippen molar-refractivity contribution in [3.8, 4) is 11.8 Å². The van der Waals surface area contributed by atoms with Gasteiger partial charge in [-0.2, -0.15) is 10.5 Å². The summed E-state index contributed by atoms with van der Waals surface area (Å²) >= 11 is 0. The van der Waals surface area contributed by atoms with E-state index >= 15 is 0 Å². The third-order valence-electron chi connectivity index (χ3n) is 3.20. The lowest BCUT2D eigenvalue weighted by molar-refractivity contribution is 0.628. The van der Waals surface area contributed by atoms with Crippen molar-refractivity contribution in [2.24, 2.45) is 0 Å². The number of tetrazole rings is 1. The van der Waals surface area contributed by atoms with E-state index in [9.17, 15) is 4.39 Å². The van der Waals surface area contributed by atoms with Gasteiger partial charge in [0.15, 0.2) is 0 Å². The van der Waals surface area contributed by atoms with Crippen molar-refractivity contribution in [3.63, 3.8) is 0 Å². The van der Waals surface area contributed by atoms with Gasteiger partial charge in [0, 0.05) is 12.3 Å². The molecule has 0 spiro atoms. The highest BCUT2D eigenvalue weighted by atomic mass is 19.1. The van der Waals surface area contributed by atoms with Crippen LogP contribution in [-0.2, 0) is 6.42 Å². The first-order valence-electron chi connectivity index (χ1n) is 7.03. The molecule has 1 aromatic carbocycles. The molecule has 10 heteroatoms. The van der Waals surface area contributed by atoms with Crippen molar-refractivity contribution in [1.29, 1.82) is 5.26 Å². The molecule has 2 aromatic heterocycles. The molecular weight excluding hydrogens is 313 g/mol. The molecule has 9 nitrogen and oxygen atoms in total. The van der Waals surface area contributed by atoms with E-state index in [2.05, 4.69) is 36.3 Å². The summed E-state index contributed by atoms with van der Waals surface area (Å²) in [4.78, 5) is 0. The fourth-order valence-electron chi connectivity index (χ4n) is 1.92. The van der Waals surface area contributed by atoms with Crippen molar-refractivity contribution < 1.29 is 4.39 Å². The van der Waals surface area contributed by atoms with Crippen molar-refractivity contribution >= 4 is 11.3 Å². The Morgan fingerprint density at radius 2 is 2.33 bits per heavy atom. The Bertz CT molecular complexity index is 905. The molecule has 0 amide bonds. The van der Waals surface area contributed by atoms with Crippen LogP contribution in [0.3, 0.4) is 0 Å². The minimum Gasteiger partial charge on any atom is -0.358 e. The monoisotopic (exact) mass is 325 g/mol. The van der Waals surface area contributed by atoms with Gasteiger partial charge in [-0.25, -0.2) is 9.07 Å². The Morgan fingerprint density at radius 3 is 2.96 bits per heavy atom. The fraction of sp³-hybridized carbons (Fsp3) is 0.143. The fourth-order valence-corrected chi connectivity index (χ4v) is 1.92. The second-order valence-corrected chi connectivity index (χ2v) is 4.72. The third-order valence-corrected chi connectivity index (χ3v) is 3.20. The van der Waals surface area contributed by atoms with E-state index < -0.39 is 5.82 Å². The number of benzene rings is 1. The van der Waals surface area contributed by atoms with E-state index in [4.69, 9.17) is 5.26 Å². The van der Waals surface area contributed by atoms with E-state index in [0.717, 1.165) is 12.1 Å². The molecule has 0 fully saturated rings. The van der Waals surface area contributed by atoms with Crippen LogP contribution in [0.1, 0.15) is 18.4 Å². The maximum Gasteiger partial charge on any atom is 0.216 e. The van der Waals surface area contributed by atoms with E-state index in [0.29, 0.717) is 5.69 Å². The summed E-state index contributed by atoms with van der Waals surface area (Å²) in [5, 5.41) is 32.7. The molecule has 0 atom stereocenters. The maximum absolute atomic E-state index is 14.2. The first kappa shape index (κ1) is 15.3. The summed E-state index contributed by atoms with van der Waals surface area (Å²) in [6.45, 7) is 1.96. The van der Waals surface area contributed by atoms with Crippen LogP contribution in [0.15, 0.2) is 30.6 Å². The molecule has 120 valence electrons. The van der Waals surface area contributed by atoms with E-state index in [1.165, 1.54) is 16.9 Å². The standard InChI is InChI=1S/C14H12FN9/c1-2-10-8-24(23-18-10)11-3-4-13(12(15)5-11)17-7-9(6-16)14-19-21-22-20-14/h3-5,7-8,17H,2H2,1H3,(H,19,20,21,22). The SMILES string of the molecule is CCc1cn(-c2ccc(NC=C(C#N)c3nn[nH]n3)c(F)c2)nn1. The van der Waals surface area contributed by atoms with E-state index in [-0.39, 0.29) is 17.1 Å². The number of hydrogen-bond donors (Lipinski definition) is 2. The van der Waals surface area contributed by atoms with Gasteiger partial charge in [-0.05, 0) is 23.8 Å². The van der Waals surface area contributed by atoms with Gasteiger partial charge in [0.25, 0.3) is 0 Å². The molecule has 0 bridgehead atoms. The average molecular weight is 325 g/mol. The Hall–Kier alpha value is -3.61. The van der Waals surface area contributed by atoms with Gasteiger partial charge in [-0.3, -0.25) is 0 Å². The number of nitrogens with zero attached hydrogens (tertiary/aromatic N) is 7. The predicted molar refractivity (Wildman–Crippen MR) is 82.1 cm³/mol. The van der Waals surface area contributed by atoms with E-state index in [1.54, 1.807) is 18.3 Å². The Labute approximate surface area is 135 Å². The molecule has 0 unspecified atom stereocenters. The molecule has 0 saturated heterocycles. The molecule has 0 aliphatic heterocycles. The van der Waals surface area contributed by atoms with Crippen LogP contribution in [0.2, 0.25) is 0 Å². The quantitative estimate of drug-likeness (QED) is 0.681. The molecular formula is C14H12FN9. The second-order valence-electron chi connectivity index (χ2n) is 4.72. The molecule has 24 heavy (non-hydrogen) atoms. The largest absolute Gasteiger partial charge is 0.358 e. The summed E-state index contributed by atoms with van der Waals surface area (Å²) in [7, 11) is 0. The van der Waals surface area contributed by atoms with Crippen molar-refractivity contribution in [3.05, 3.63) is 47.9 Å². The van der Waals surface area contributed by atoms with Crippen molar-refractivity contribution in [1.82, 2.24) is 35.6 Å². The lowest BCUT2D eigenvalue weighted by Crippen LogP contribution is -1.99. The van der Waals surface area contributed by atoms with Gasteiger partial charge in [-0.15, -0.1) is 15.3 Å². The number of nitriles is 1. The minimum absolute atomic E-state index is 0.121. The highest BCUT2D eigenvalue weighted by molar-refractivity contribution is 5.74. The maximum atomic E-state index is 14.2. The van der Waals surface area contributed by atoms with Gasteiger partial charge in [-0.1, -0.05) is 12.1 Å². The second kappa shape index (κ2) is 6.66. The number of anilines is 1. The molecule has 2 N–H and O–H groups in total. The Balaban J connectivity index is 1.81. The summed E-state index contributed by atoms with van der Waals surface area (Å²) in [5.74, 6) is -0.376. The van der Waals surface area contributed by atoms with Crippen LogP contribution in [0, 0.1) is 17.1 Å². The number of aryl methyl sites for hydroxylation is 1. The molecule has 0 saturated carbocycles. The smallest absolute Gasteiger partial charge is 0.216 e. The highest BCUT2D eigenvalue weighted by Gasteiger charge is 2.08. The van der Waals surface area contributed by atoms with Gasteiger partial charge in [0.05, 0.1) is 23.3 Å². The predicted octanol–water partition coefficient (Wildman–Crippen LogP) is 1.46. The summed E-state index contributed by atoms with van der Waals surface area (Å²) in [6, 6.07) is 6.46. The van der Waals surface area contributed by atoms with Gasteiger partial charge in [0.2, 0.25) is 5.82 Å². The molecule has 3 aromatic rings. The van der Waals surface area contributed by atoms with Crippen molar-refractivity contribution in [2.75, 3.05) is 5.32 Å². The first-order valence-corrected chi connectivity index (χ1v) is 7.03. The number of H-pyrrole nitrogens is 1. The molecule has 0 radical (unpaired) electrons. The average Bonchev–Trinajstić information content (AvgIpc) is 3.28. The van der Waals surface area contributed by atoms with Gasteiger partial charge in [0.1, 0.15) is 17.5 Å². The Morgan fingerprint density at radius 1 is 1.46 bits per heavy atom. The Kier molecular flexibility index (Phi) is 4.24. The third kappa shape index (κ3) is 3.09. The van der Waals surface area contributed by atoms with Crippen LogP contribution >= 0.6 is 0 Å². The summed E-state index contributed by atoms with van der Waals surface area (Å²) in [5.41, 5.74) is 1.69. The van der Waals surface area contributed by atoms with Crippen LogP contribution in [0.5, 0.6) is 0 Å². The lowest BCUT2D eigenvalue weighted by Gasteiger charge is -2.06. The zero-order valence-corrected chi connectivity index (χ0v) is 12.6. The van der Waals surface area contributed by atoms with Gasteiger partial charge >= 0.3 is 0 Å². The first-order chi connectivity index (χ1) is 11.7. The highest BCUT2D eigenvalue weighted by Crippen LogP contribution is 2.19. The number of allylic oxidation sites excluding steroid dienone is 1. The van der Waals surface area contributed by atoms with Crippen LogP contribution in [0.4, 0.5) is 10.1 Å². The van der Waals surface area contributed by atoms with Crippen LogP contribution < -0.4 is 5.32 Å². The number of hydrogen-bond acceptors (Lipinski definition) is 7. The summed E-state index contributed by atoms with van der Waals surface area (Å²) < 4.78 is 15.7. The van der Waals surface area contributed by atoms with Crippen LogP contribution in [-0.4, -0.2) is 35.6 Å². The van der Waals surface area contributed by atoms with E-state index in [1.807, 2.05) is 13.0 Å². The normalized spacial score (nSPS) is 11.3. The number of rotatable bonds is 5. The molecule has 3 rings (SSSR count).